The molecule has 0 saturated carbocycles. The molecule has 1 aromatic rings. The van der Waals surface area contributed by atoms with E-state index in [1.165, 1.54) is 7.11 Å². The molecule has 0 heterocycles. The quantitative estimate of drug-likeness (QED) is 0.669. The number of methoxy groups -OCH3 is 1. The maximum atomic E-state index is 13.4. The number of rotatable bonds is 3. The largest absolute Gasteiger partial charge is 0.380 e. The van der Waals surface area contributed by atoms with Crippen molar-refractivity contribution >= 4 is 6.29 Å². The van der Waals surface area contributed by atoms with E-state index >= 15 is 0 Å². The van der Waals surface area contributed by atoms with Crippen LogP contribution in [0.1, 0.15) is 21.5 Å². The van der Waals surface area contributed by atoms with Gasteiger partial charge in [-0.2, -0.15) is 0 Å². The predicted octanol–water partition coefficient (Wildman–Crippen LogP) is 2.09. The molecular weight excluding hydrogens is 171 g/mol. The van der Waals surface area contributed by atoms with Crippen molar-refractivity contribution in [2.24, 2.45) is 0 Å². The minimum Gasteiger partial charge on any atom is -0.380 e. The Hall–Kier alpha value is -1.22. The van der Waals surface area contributed by atoms with Crippen LogP contribution in [0.2, 0.25) is 0 Å². The zero-order valence-corrected chi connectivity index (χ0v) is 7.63. The molecule has 1 aromatic carbocycles. The summed E-state index contributed by atoms with van der Waals surface area (Å²) in [5, 5.41) is 0. The van der Waals surface area contributed by atoms with Gasteiger partial charge in [0.15, 0.2) is 6.29 Å². The minimum atomic E-state index is -0.355. The van der Waals surface area contributed by atoms with Gasteiger partial charge in [0.2, 0.25) is 0 Å². The molecule has 0 unspecified atom stereocenters. The lowest BCUT2D eigenvalue weighted by atomic mass is 10.1. The first-order chi connectivity index (χ1) is 6.20. The minimum absolute atomic E-state index is 0.127. The van der Waals surface area contributed by atoms with Crippen molar-refractivity contribution in [3.05, 3.63) is 34.6 Å². The van der Waals surface area contributed by atoms with Gasteiger partial charge in [-0.3, -0.25) is 4.79 Å². The molecule has 0 aliphatic rings. The fourth-order valence-electron chi connectivity index (χ4n) is 1.15. The van der Waals surface area contributed by atoms with Crippen molar-refractivity contribution in [1.29, 1.82) is 0 Å². The third kappa shape index (κ3) is 1.92. The van der Waals surface area contributed by atoms with Gasteiger partial charge in [0, 0.05) is 18.2 Å². The predicted molar refractivity (Wildman–Crippen MR) is 47.2 cm³/mol. The zero-order chi connectivity index (χ0) is 9.84. The Kier molecular flexibility index (Phi) is 3.14. The van der Waals surface area contributed by atoms with Crippen molar-refractivity contribution in [3.63, 3.8) is 0 Å². The number of carbonyl (C=O) groups excluding carboxylic acids is 1. The molecule has 0 bridgehead atoms. The Morgan fingerprint density at radius 2 is 2.23 bits per heavy atom. The van der Waals surface area contributed by atoms with Gasteiger partial charge in [-0.05, 0) is 12.5 Å². The third-order valence-corrected chi connectivity index (χ3v) is 1.89. The summed E-state index contributed by atoms with van der Waals surface area (Å²) in [6, 6.07) is 3.18. The number of halogens is 1. The van der Waals surface area contributed by atoms with Crippen LogP contribution in [0, 0.1) is 12.7 Å². The molecule has 70 valence electrons. The van der Waals surface area contributed by atoms with Crippen LogP contribution in [-0.2, 0) is 11.3 Å². The average molecular weight is 182 g/mol. The molecule has 0 aliphatic carbocycles. The molecule has 0 N–H and O–H groups in total. The lowest BCUT2D eigenvalue weighted by molar-refractivity contribution is 0.111. The number of hydrogen-bond acceptors (Lipinski definition) is 2. The second-order valence-electron chi connectivity index (χ2n) is 2.82. The van der Waals surface area contributed by atoms with E-state index in [1.807, 2.05) is 0 Å². The van der Waals surface area contributed by atoms with Crippen molar-refractivity contribution in [1.82, 2.24) is 0 Å². The second kappa shape index (κ2) is 4.14. The maximum absolute atomic E-state index is 13.4. The molecule has 0 fully saturated rings. The number of ether oxygens (including phenoxy) is 1. The van der Waals surface area contributed by atoms with E-state index in [2.05, 4.69) is 0 Å². The van der Waals surface area contributed by atoms with Gasteiger partial charge < -0.3 is 4.74 Å². The lowest BCUT2D eigenvalue weighted by Crippen LogP contribution is -2.00. The van der Waals surface area contributed by atoms with E-state index in [-0.39, 0.29) is 12.4 Å². The van der Waals surface area contributed by atoms with Crippen molar-refractivity contribution < 1.29 is 13.9 Å². The zero-order valence-electron chi connectivity index (χ0n) is 7.63. The number of carbonyl (C=O) groups is 1. The van der Waals surface area contributed by atoms with Gasteiger partial charge in [-0.1, -0.05) is 12.1 Å². The SMILES string of the molecule is COCc1c(C=O)ccc(C)c1F. The summed E-state index contributed by atoms with van der Waals surface area (Å²) in [5.74, 6) is -0.355. The second-order valence-corrected chi connectivity index (χ2v) is 2.82. The number of hydrogen-bond donors (Lipinski definition) is 0. The van der Waals surface area contributed by atoms with E-state index in [0.717, 1.165) is 0 Å². The van der Waals surface area contributed by atoms with Gasteiger partial charge in [-0.25, -0.2) is 4.39 Å². The van der Waals surface area contributed by atoms with E-state index in [4.69, 9.17) is 4.74 Å². The molecule has 3 heteroatoms. The van der Waals surface area contributed by atoms with Gasteiger partial charge in [0.05, 0.1) is 6.61 Å². The molecule has 2 nitrogen and oxygen atoms in total. The van der Waals surface area contributed by atoms with Crippen LogP contribution in [0.4, 0.5) is 4.39 Å². The highest BCUT2D eigenvalue weighted by atomic mass is 19.1. The molecular formula is C10H11FO2. The van der Waals surface area contributed by atoms with Gasteiger partial charge in [0.1, 0.15) is 5.82 Å². The molecule has 0 amide bonds. The fourth-order valence-corrected chi connectivity index (χ4v) is 1.15. The van der Waals surface area contributed by atoms with Gasteiger partial charge in [0.25, 0.3) is 0 Å². The lowest BCUT2D eigenvalue weighted by Gasteiger charge is -2.06. The molecule has 0 atom stereocenters. The average Bonchev–Trinajstić information content (AvgIpc) is 2.14. The number of benzene rings is 1. The van der Waals surface area contributed by atoms with E-state index < -0.39 is 0 Å². The van der Waals surface area contributed by atoms with Crippen LogP contribution < -0.4 is 0 Å². The monoisotopic (exact) mass is 182 g/mol. The normalized spacial score (nSPS) is 10.1. The molecule has 0 aliphatic heterocycles. The Morgan fingerprint density at radius 3 is 2.77 bits per heavy atom. The van der Waals surface area contributed by atoms with E-state index in [0.29, 0.717) is 23.0 Å². The molecule has 0 aromatic heterocycles. The Balaban J connectivity index is 3.23. The first-order valence-corrected chi connectivity index (χ1v) is 3.92. The summed E-state index contributed by atoms with van der Waals surface area (Å²) >= 11 is 0. The Morgan fingerprint density at radius 1 is 1.54 bits per heavy atom. The van der Waals surface area contributed by atoms with Crippen LogP contribution in [-0.4, -0.2) is 13.4 Å². The maximum Gasteiger partial charge on any atom is 0.150 e. The molecule has 0 spiro atoms. The summed E-state index contributed by atoms with van der Waals surface area (Å²) in [5.41, 5.74) is 1.21. The molecule has 13 heavy (non-hydrogen) atoms. The van der Waals surface area contributed by atoms with Crippen LogP contribution >= 0.6 is 0 Å². The molecule has 0 saturated heterocycles. The van der Waals surface area contributed by atoms with Crippen LogP contribution in [0.15, 0.2) is 12.1 Å². The molecule has 0 radical (unpaired) electrons. The van der Waals surface area contributed by atoms with Crippen LogP contribution in [0.3, 0.4) is 0 Å². The first-order valence-electron chi connectivity index (χ1n) is 3.92. The van der Waals surface area contributed by atoms with E-state index in [1.54, 1.807) is 19.1 Å². The van der Waals surface area contributed by atoms with Crippen molar-refractivity contribution in [2.45, 2.75) is 13.5 Å². The van der Waals surface area contributed by atoms with Gasteiger partial charge in [-0.15, -0.1) is 0 Å². The standard InChI is InChI=1S/C10H11FO2/c1-7-3-4-8(5-12)9(6-13-2)10(7)11/h3-5H,6H2,1-2H3. The third-order valence-electron chi connectivity index (χ3n) is 1.89. The smallest absolute Gasteiger partial charge is 0.150 e. The number of aldehydes is 1. The topological polar surface area (TPSA) is 26.3 Å². The first kappa shape index (κ1) is 9.86. The Bertz CT molecular complexity index is 321. The summed E-state index contributed by atoms with van der Waals surface area (Å²) in [7, 11) is 1.47. The van der Waals surface area contributed by atoms with E-state index in [9.17, 15) is 9.18 Å². The Labute approximate surface area is 76.3 Å². The summed E-state index contributed by atoms with van der Waals surface area (Å²) in [6.07, 6.45) is 0.636. The summed E-state index contributed by atoms with van der Waals surface area (Å²) in [6.45, 7) is 1.78. The molecule has 1 rings (SSSR count). The van der Waals surface area contributed by atoms with Gasteiger partial charge >= 0.3 is 0 Å². The summed E-state index contributed by atoms with van der Waals surface area (Å²) in [4.78, 5) is 10.5. The van der Waals surface area contributed by atoms with Crippen LogP contribution in [0.25, 0.3) is 0 Å². The van der Waals surface area contributed by atoms with Crippen molar-refractivity contribution in [3.8, 4) is 0 Å². The number of aryl methyl sites for hydroxylation is 1. The highest BCUT2D eigenvalue weighted by Crippen LogP contribution is 2.16. The van der Waals surface area contributed by atoms with Crippen LogP contribution in [0.5, 0.6) is 0 Å². The highest BCUT2D eigenvalue weighted by Gasteiger charge is 2.09. The fraction of sp³-hybridized carbons (Fsp3) is 0.300. The van der Waals surface area contributed by atoms with Crippen molar-refractivity contribution in [2.75, 3.05) is 7.11 Å². The highest BCUT2D eigenvalue weighted by molar-refractivity contribution is 5.77. The summed E-state index contributed by atoms with van der Waals surface area (Å²) < 4.78 is 18.2.